The highest BCUT2D eigenvalue weighted by Gasteiger charge is 2.21. The van der Waals surface area contributed by atoms with Crippen molar-refractivity contribution in [2.45, 2.75) is 37.5 Å². The minimum atomic E-state index is -3.38. The van der Waals surface area contributed by atoms with Crippen molar-refractivity contribution in [3.8, 4) is 0 Å². The first kappa shape index (κ1) is 15.0. The summed E-state index contributed by atoms with van der Waals surface area (Å²) in [6.07, 6.45) is 4.68. The number of hydrogen-bond donors (Lipinski definition) is 1. The van der Waals surface area contributed by atoms with E-state index in [1.807, 2.05) is 6.07 Å². The zero-order chi connectivity index (χ0) is 13.9. The van der Waals surface area contributed by atoms with Crippen LogP contribution in [-0.2, 0) is 10.0 Å². The fourth-order valence-electron chi connectivity index (χ4n) is 2.48. The van der Waals surface area contributed by atoms with Crippen LogP contribution in [0, 0.1) is 11.8 Å². The molecule has 3 nitrogen and oxygen atoms in total. The molecule has 0 aliphatic heterocycles. The number of nitrogens with one attached hydrogen (secondary N) is 1. The van der Waals surface area contributed by atoms with Crippen LogP contribution in [0.1, 0.15) is 32.6 Å². The summed E-state index contributed by atoms with van der Waals surface area (Å²) in [7, 11) is -3.38. The van der Waals surface area contributed by atoms with Gasteiger partial charge in [0.25, 0.3) is 0 Å². The molecule has 1 aromatic rings. The number of rotatable bonds is 4. The summed E-state index contributed by atoms with van der Waals surface area (Å²) >= 11 is 3.30. The summed E-state index contributed by atoms with van der Waals surface area (Å²) in [5, 5.41) is 0. The summed E-state index contributed by atoms with van der Waals surface area (Å²) in [5.74, 6) is 1.27. The van der Waals surface area contributed by atoms with Crippen LogP contribution in [0.4, 0.5) is 0 Å². The number of sulfonamides is 1. The second-order valence-electron chi connectivity index (χ2n) is 5.44. The quantitative estimate of drug-likeness (QED) is 0.906. The van der Waals surface area contributed by atoms with Crippen LogP contribution in [0.25, 0.3) is 0 Å². The Balaban J connectivity index is 1.95. The molecular formula is C14H20BrNO2S. The number of benzene rings is 1. The summed E-state index contributed by atoms with van der Waals surface area (Å²) in [6.45, 7) is 2.82. The largest absolute Gasteiger partial charge is 0.240 e. The molecule has 1 aliphatic rings. The summed E-state index contributed by atoms with van der Waals surface area (Å²) < 4.78 is 27.8. The normalized spacial score (nSPS) is 24.3. The average molecular weight is 346 g/mol. The van der Waals surface area contributed by atoms with Crippen molar-refractivity contribution in [3.05, 3.63) is 28.7 Å². The molecular weight excluding hydrogens is 326 g/mol. The van der Waals surface area contributed by atoms with Crippen molar-refractivity contribution in [1.82, 2.24) is 4.72 Å². The Morgan fingerprint density at radius 2 is 1.95 bits per heavy atom. The monoisotopic (exact) mass is 345 g/mol. The lowest BCUT2D eigenvalue weighted by Crippen LogP contribution is -2.31. The first-order valence-electron chi connectivity index (χ1n) is 6.72. The first-order valence-corrected chi connectivity index (χ1v) is 9.00. The Kier molecular flexibility index (Phi) is 5.03. The van der Waals surface area contributed by atoms with Crippen molar-refractivity contribution < 1.29 is 8.42 Å². The van der Waals surface area contributed by atoms with Crippen molar-refractivity contribution in [2.24, 2.45) is 11.8 Å². The lowest BCUT2D eigenvalue weighted by atomic mass is 9.83. The van der Waals surface area contributed by atoms with Gasteiger partial charge in [0.1, 0.15) is 0 Å². The van der Waals surface area contributed by atoms with Gasteiger partial charge in [-0.2, -0.15) is 0 Å². The van der Waals surface area contributed by atoms with E-state index in [9.17, 15) is 8.42 Å². The van der Waals surface area contributed by atoms with Crippen molar-refractivity contribution in [3.63, 3.8) is 0 Å². The minimum Gasteiger partial charge on any atom is -0.211 e. The molecule has 1 aliphatic carbocycles. The van der Waals surface area contributed by atoms with Gasteiger partial charge in [-0.15, -0.1) is 0 Å². The topological polar surface area (TPSA) is 46.2 Å². The predicted octanol–water partition coefficient (Wildman–Crippen LogP) is 3.55. The molecule has 0 spiro atoms. The molecule has 5 heteroatoms. The van der Waals surface area contributed by atoms with E-state index in [0.29, 0.717) is 17.4 Å². The van der Waals surface area contributed by atoms with Crippen LogP contribution in [0.15, 0.2) is 33.6 Å². The Morgan fingerprint density at radius 1 is 1.26 bits per heavy atom. The van der Waals surface area contributed by atoms with Crippen molar-refractivity contribution in [1.29, 1.82) is 0 Å². The lowest BCUT2D eigenvalue weighted by Gasteiger charge is -2.26. The van der Waals surface area contributed by atoms with Gasteiger partial charge in [0, 0.05) is 11.0 Å². The Labute approximate surface area is 124 Å². The fraction of sp³-hybridized carbons (Fsp3) is 0.571. The third-order valence-corrected chi connectivity index (χ3v) is 5.72. The van der Waals surface area contributed by atoms with Crippen molar-refractivity contribution in [2.75, 3.05) is 6.54 Å². The third-order valence-electron chi connectivity index (χ3n) is 3.80. The van der Waals surface area contributed by atoms with E-state index in [-0.39, 0.29) is 0 Å². The molecule has 0 bridgehead atoms. The van der Waals surface area contributed by atoms with Crippen molar-refractivity contribution >= 4 is 26.0 Å². The molecule has 0 unspecified atom stereocenters. The van der Waals surface area contributed by atoms with Crippen LogP contribution >= 0.6 is 15.9 Å². The maximum atomic E-state index is 12.2. The number of hydrogen-bond acceptors (Lipinski definition) is 2. The van der Waals surface area contributed by atoms with E-state index in [4.69, 9.17) is 0 Å². The van der Waals surface area contributed by atoms with E-state index in [2.05, 4.69) is 27.6 Å². The van der Waals surface area contributed by atoms with Gasteiger partial charge in [0.05, 0.1) is 4.90 Å². The molecule has 1 saturated carbocycles. The predicted molar refractivity (Wildman–Crippen MR) is 80.5 cm³/mol. The zero-order valence-electron chi connectivity index (χ0n) is 11.1. The molecule has 1 aromatic carbocycles. The van der Waals surface area contributed by atoms with Gasteiger partial charge >= 0.3 is 0 Å². The van der Waals surface area contributed by atoms with Crippen LogP contribution in [0.5, 0.6) is 0 Å². The van der Waals surface area contributed by atoms with Crippen LogP contribution in [-0.4, -0.2) is 15.0 Å². The maximum absolute atomic E-state index is 12.2. The first-order chi connectivity index (χ1) is 8.97. The van der Waals surface area contributed by atoms with Gasteiger partial charge in [0.15, 0.2) is 0 Å². The van der Waals surface area contributed by atoms with Gasteiger partial charge in [-0.05, 0) is 42.9 Å². The molecule has 0 atom stereocenters. The van der Waals surface area contributed by atoms with Gasteiger partial charge < -0.3 is 0 Å². The highest BCUT2D eigenvalue weighted by atomic mass is 79.9. The molecule has 106 valence electrons. The van der Waals surface area contributed by atoms with E-state index >= 15 is 0 Å². The molecule has 0 heterocycles. The highest BCUT2D eigenvalue weighted by Crippen LogP contribution is 2.28. The second-order valence-corrected chi connectivity index (χ2v) is 8.12. The molecule has 0 amide bonds. The Morgan fingerprint density at radius 3 is 2.58 bits per heavy atom. The lowest BCUT2D eigenvalue weighted by molar-refractivity contribution is 0.290. The van der Waals surface area contributed by atoms with E-state index in [1.54, 1.807) is 18.2 Å². The van der Waals surface area contributed by atoms with E-state index in [1.165, 1.54) is 12.8 Å². The van der Waals surface area contributed by atoms with Gasteiger partial charge in [-0.1, -0.05) is 41.8 Å². The minimum absolute atomic E-state index is 0.325. The summed E-state index contributed by atoms with van der Waals surface area (Å²) in [6, 6.07) is 6.81. The van der Waals surface area contributed by atoms with Crippen LogP contribution < -0.4 is 4.72 Å². The molecule has 0 aromatic heterocycles. The Hall–Kier alpha value is -0.390. The van der Waals surface area contributed by atoms with Gasteiger partial charge in [-0.25, -0.2) is 13.1 Å². The highest BCUT2D eigenvalue weighted by molar-refractivity contribution is 9.10. The summed E-state index contributed by atoms with van der Waals surface area (Å²) in [5.41, 5.74) is 0. The summed E-state index contributed by atoms with van der Waals surface area (Å²) in [4.78, 5) is 0.325. The third kappa shape index (κ3) is 4.29. The van der Waals surface area contributed by atoms with Crippen LogP contribution in [0.3, 0.4) is 0 Å². The second kappa shape index (κ2) is 6.37. The van der Waals surface area contributed by atoms with Crippen LogP contribution in [0.2, 0.25) is 0 Å². The molecule has 0 saturated heterocycles. The van der Waals surface area contributed by atoms with Gasteiger partial charge in [-0.3, -0.25) is 0 Å². The zero-order valence-corrected chi connectivity index (χ0v) is 13.5. The van der Waals surface area contributed by atoms with Gasteiger partial charge in [0.2, 0.25) is 10.0 Å². The molecule has 1 N–H and O–H groups in total. The molecule has 1 fully saturated rings. The molecule has 0 radical (unpaired) electrons. The standard InChI is InChI=1S/C14H20BrNO2S/c1-11-5-7-12(8-6-11)10-16-19(17,18)14-4-2-3-13(15)9-14/h2-4,9,11-12,16H,5-8,10H2,1H3. The average Bonchev–Trinajstić information content (AvgIpc) is 2.38. The maximum Gasteiger partial charge on any atom is 0.240 e. The SMILES string of the molecule is CC1CCC(CNS(=O)(=O)c2cccc(Br)c2)CC1. The molecule has 2 rings (SSSR count). The number of halogens is 1. The Bertz CT molecular complexity index is 522. The fourth-order valence-corrected chi connectivity index (χ4v) is 4.19. The van der Waals surface area contributed by atoms with E-state index < -0.39 is 10.0 Å². The smallest absolute Gasteiger partial charge is 0.211 e. The van der Waals surface area contributed by atoms with E-state index in [0.717, 1.165) is 23.2 Å². The molecule has 19 heavy (non-hydrogen) atoms.